The molecule has 1 saturated heterocycles. The third-order valence-corrected chi connectivity index (χ3v) is 3.99. The number of benzene rings is 1. The first-order valence-electron chi connectivity index (χ1n) is 6.41. The van der Waals surface area contributed by atoms with Crippen molar-refractivity contribution in [2.45, 2.75) is 31.5 Å². The van der Waals surface area contributed by atoms with E-state index in [9.17, 15) is 0 Å². The largest absolute Gasteiger partial charge is 0.380 e. The van der Waals surface area contributed by atoms with E-state index in [0.717, 1.165) is 30.2 Å². The average Bonchev–Trinajstić information content (AvgIpc) is 2.85. The van der Waals surface area contributed by atoms with E-state index in [2.05, 4.69) is 18.0 Å². The summed E-state index contributed by atoms with van der Waals surface area (Å²) in [5.41, 5.74) is 7.27. The van der Waals surface area contributed by atoms with Gasteiger partial charge in [-0.15, -0.1) is 0 Å². The van der Waals surface area contributed by atoms with Crippen molar-refractivity contribution in [2.24, 2.45) is 5.73 Å². The molecule has 4 heteroatoms. The van der Waals surface area contributed by atoms with Crippen LogP contribution in [0.2, 0.25) is 5.02 Å². The van der Waals surface area contributed by atoms with Crippen LogP contribution in [-0.4, -0.2) is 37.2 Å². The van der Waals surface area contributed by atoms with Crippen LogP contribution in [0.1, 0.15) is 24.9 Å². The number of hydrogen-bond acceptors (Lipinski definition) is 3. The number of rotatable bonds is 4. The molecule has 2 rings (SSSR count). The number of nitrogens with two attached hydrogens (primary N) is 1. The average molecular weight is 269 g/mol. The molecule has 100 valence electrons. The zero-order valence-corrected chi connectivity index (χ0v) is 11.7. The molecule has 2 N–H and O–H groups in total. The Bertz CT molecular complexity index is 391. The fraction of sp³-hybridized carbons (Fsp3) is 0.571. The molecule has 3 nitrogen and oxygen atoms in total. The Morgan fingerprint density at radius 3 is 2.72 bits per heavy atom. The zero-order valence-electron chi connectivity index (χ0n) is 11.0. The van der Waals surface area contributed by atoms with Gasteiger partial charge in [-0.3, -0.25) is 4.90 Å². The lowest BCUT2D eigenvalue weighted by Crippen LogP contribution is -2.43. The van der Waals surface area contributed by atoms with Gasteiger partial charge in [-0.05, 0) is 32.0 Å². The summed E-state index contributed by atoms with van der Waals surface area (Å²) in [5, 5.41) is 0.783. The summed E-state index contributed by atoms with van der Waals surface area (Å²) in [6.45, 7) is 3.65. The molecule has 0 saturated carbocycles. The summed E-state index contributed by atoms with van der Waals surface area (Å²) >= 11 is 6.30. The van der Waals surface area contributed by atoms with Gasteiger partial charge < -0.3 is 10.5 Å². The molecular weight excluding hydrogens is 248 g/mol. The molecule has 1 aliphatic rings. The predicted octanol–water partition coefficient (Wildman–Crippen LogP) is 2.45. The monoisotopic (exact) mass is 268 g/mol. The van der Waals surface area contributed by atoms with Gasteiger partial charge in [0, 0.05) is 23.7 Å². The van der Waals surface area contributed by atoms with E-state index in [1.54, 1.807) is 0 Å². The number of likely N-dealkylation sites (N-methyl/N-ethyl adjacent to an activating group) is 1. The van der Waals surface area contributed by atoms with Crippen LogP contribution in [0.15, 0.2) is 24.3 Å². The lowest BCUT2D eigenvalue weighted by atomic mass is 9.97. The molecule has 3 unspecified atom stereocenters. The molecule has 1 aromatic rings. The first-order chi connectivity index (χ1) is 8.61. The first-order valence-corrected chi connectivity index (χ1v) is 6.78. The predicted molar refractivity (Wildman–Crippen MR) is 74.8 cm³/mol. The van der Waals surface area contributed by atoms with E-state index in [4.69, 9.17) is 22.1 Å². The van der Waals surface area contributed by atoms with Crippen LogP contribution in [-0.2, 0) is 4.74 Å². The van der Waals surface area contributed by atoms with Crippen molar-refractivity contribution in [3.05, 3.63) is 34.9 Å². The molecule has 1 fully saturated rings. The number of nitrogens with zero attached hydrogens (tertiary/aromatic N) is 1. The van der Waals surface area contributed by atoms with Crippen LogP contribution in [0.3, 0.4) is 0 Å². The first kappa shape index (κ1) is 13.8. The molecule has 0 amide bonds. The van der Waals surface area contributed by atoms with Gasteiger partial charge in [0.05, 0.1) is 12.6 Å². The summed E-state index contributed by atoms with van der Waals surface area (Å²) in [6.07, 6.45) is 1.06. The van der Waals surface area contributed by atoms with Crippen molar-refractivity contribution in [1.82, 2.24) is 4.90 Å². The molecular formula is C14H21ClN2O. The highest BCUT2D eigenvalue weighted by Gasteiger charge is 2.30. The standard InChI is InChI=1S/C14H21ClN2O/c1-10(16)14(12-5-3-4-6-13(12)15)17(2)11-7-8-18-9-11/h3-6,10-11,14H,7-9,16H2,1-2H3. The fourth-order valence-electron chi connectivity index (χ4n) is 2.66. The number of halogens is 1. The molecule has 1 aliphatic heterocycles. The second-order valence-electron chi connectivity index (χ2n) is 5.01. The molecule has 1 heterocycles. The third-order valence-electron chi connectivity index (χ3n) is 3.64. The van der Waals surface area contributed by atoms with E-state index >= 15 is 0 Å². The molecule has 0 bridgehead atoms. The van der Waals surface area contributed by atoms with Crippen LogP contribution >= 0.6 is 11.6 Å². The van der Waals surface area contributed by atoms with E-state index in [1.165, 1.54) is 0 Å². The van der Waals surface area contributed by atoms with E-state index in [-0.39, 0.29) is 12.1 Å². The molecule has 0 radical (unpaired) electrons. The smallest absolute Gasteiger partial charge is 0.0622 e. The number of ether oxygens (including phenoxy) is 1. The Labute approximate surface area is 114 Å². The van der Waals surface area contributed by atoms with E-state index in [0.29, 0.717) is 6.04 Å². The molecule has 0 aromatic heterocycles. The van der Waals surface area contributed by atoms with Crippen molar-refractivity contribution in [3.63, 3.8) is 0 Å². The summed E-state index contributed by atoms with van der Waals surface area (Å²) in [4.78, 5) is 2.30. The van der Waals surface area contributed by atoms with Crippen LogP contribution in [0.25, 0.3) is 0 Å². The van der Waals surface area contributed by atoms with Crippen molar-refractivity contribution >= 4 is 11.6 Å². The van der Waals surface area contributed by atoms with Crippen LogP contribution < -0.4 is 5.73 Å². The summed E-state index contributed by atoms with van der Waals surface area (Å²) in [6, 6.07) is 8.52. The second kappa shape index (κ2) is 6.02. The second-order valence-corrected chi connectivity index (χ2v) is 5.42. The Morgan fingerprint density at radius 2 is 2.17 bits per heavy atom. The lowest BCUT2D eigenvalue weighted by Gasteiger charge is -2.35. The topological polar surface area (TPSA) is 38.5 Å². The van der Waals surface area contributed by atoms with Gasteiger partial charge in [0.1, 0.15) is 0 Å². The molecule has 18 heavy (non-hydrogen) atoms. The maximum absolute atomic E-state index is 6.30. The van der Waals surface area contributed by atoms with E-state index < -0.39 is 0 Å². The van der Waals surface area contributed by atoms with Crippen molar-refractivity contribution in [3.8, 4) is 0 Å². The summed E-state index contributed by atoms with van der Waals surface area (Å²) in [5.74, 6) is 0. The van der Waals surface area contributed by atoms with Gasteiger partial charge in [0.2, 0.25) is 0 Å². The summed E-state index contributed by atoms with van der Waals surface area (Å²) in [7, 11) is 2.11. The normalized spacial score (nSPS) is 23.3. The highest BCUT2D eigenvalue weighted by molar-refractivity contribution is 6.31. The number of hydrogen-bond donors (Lipinski definition) is 1. The maximum atomic E-state index is 6.30. The Kier molecular flexibility index (Phi) is 4.62. The Hall–Kier alpha value is -0.610. The van der Waals surface area contributed by atoms with Gasteiger partial charge in [-0.25, -0.2) is 0 Å². The highest BCUT2D eigenvalue weighted by Crippen LogP contribution is 2.31. The van der Waals surface area contributed by atoms with Crippen LogP contribution in [0.5, 0.6) is 0 Å². The maximum Gasteiger partial charge on any atom is 0.0622 e. The summed E-state index contributed by atoms with van der Waals surface area (Å²) < 4.78 is 5.46. The Morgan fingerprint density at radius 1 is 1.44 bits per heavy atom. The minimum atomic E-state index is 0.0236. The zero-order chi connectivity index (χ0) is 13.1. The molecule has 0 aliphatic carbocycles. The van der Waals surface area contributed by atoms with Gasteiger partial charge in [-0.1, -0.05) is 29.8 Å². The molecule has 0 spiro atoms. The van der Waals surface area contributed by atoms with Crippen LogP contribution in [0, 0.1) is 0 Å². The van der Waals surface area contributed by atoms with Crippen molar-refractivity contribution in [1.29, 1.82) is 0 Å². The quantitative estimate of drug-likeness (QED) is 0.912. The minimum absolute atomic E-state index is 0.0236. The SMILES string of the molecule is CC(N)C(c1ccccc1Cl)N(C)C1CCOC1. The highest BCUT2D eigenvalue weighted by atomic mass is 35.5. The van der Waals surface area contributed by atoms with Gasteiger partial charge in [-0.2, -0.15) is 0 Å². The van der Waals surface area contributed by atoms with Crippen molar-refractivity contribution < 1.29 is 4.74 Å². The van der Waals surface area contributed by atoms with Gasteiger partial charge in [0.25, 0.3) is 0 Å². The van der Waals surface area contributed by atoms with E-state index in [1.807, 2.05) is 25.1 Å². The third kappa shape index (κ3) is 2.86. The van der Waals surface area contributed by atoms with Gasteiger partial charge in [0.15, 0.2) is 0 Å². The van der Waals surface area contributed by atoms with Crippen molar-refractivity contribution in [2.75, 3.05) is 20.3 Å². The lowest BCUT2D eigenvalue weighted by molar-refractivity contribution is 0.123. The molecule has 3 atom stereocenters. The van der Waals surface area contributed by atoms with Gasteiger partial charge >= 0.3 is 0 Å². The Balaban J connectivity index is 2.25. The van der Waals surface area contributed by atoms with Crippen LogP contribution in [0.4, 0.5) is 0 Å². The minimum Gasteiger partial charge on any atom is -0.380 e. The fourth-order valence-corrected chi connectivity index (χ4v) is 2.91. The molecule has 1 aromatic carbocycles.